The molecule has 0 amide bonds. The lowest BCUT2D eigenvalue weighted by molar-refractivity contribution is -0.147. The number of esters is 1. The van der Waals surface area contributed by atoms with Gasteiger partial charge in [-0.15, -0.1) is 0 Å². The van der Waals surface area contributed by atoms with Gasteiger partial charge in [0.25, 0.3) is 5.56 Å². The molecule has 7 nitrogen and oxygen atoms in total. The number of carbonyl (C=O) groups excluding carboxylic acids is 1. The lowest BCUT2D eigenvalue weighted by Crippen LogP contribution is -2.25. The van der Waals surface area contributed by atoms with E-state index in [0.717, 1.165) is 13.6 Å². The van der Waals surface area contributed by atoms with Gasteiger partial charge in [-0.1, -0.05) is 22.9 Å². The number of methoxy groups -OCH3 is 1. The van der Waals surface area contributed by atoms with Crippen LogP contribution in [-0.4, -0.2) is 35.1 Å². The van der Waals surface area contributed by atoms with Gasteiger partial charge >= 0.3 is 5.97 Å². The Balaban J connectivity index is 1.93. The molecule has 0 radical (unpaired) electrons. The maximum absolute atomic E-state index is 12.9. The quantitative estimate of drug-likeness (QED) is 0.247. The average Bonchev–Trinajstić information content (AvgIpc) is 2.74. The van der Waals surface area contributed by atoms with Gasteiger partial charge in [-0.2, -0.15) is 9.78 Å². The molecule has 0 saturated heterocycles. The number of aryl methyl sites for hydroxylation is 1. The fraction of sp³-hybridized carbons (Fsp3) is 0.238. The Morgan fingerprint density at radius 1 is 1.33 bits per heavy atom. The largest absolute Gasteiger partial charge is 0.478 e. The summed E-state index contributed by atoms with van der Waals surface area (Å²) in [5.74, 6) is 0.695. The molecular weight excluding hydrogens is 565 g/mol. The van der Waals surface area contributed by atoms with Gasteiger partial charge in [0.1, 0.15) is 11.6 Å². The van der Waals surface area contributed by atoms with E-state index in [2.05, 4.69) is 53.3 Å². The van der Waals surface area contributed by atoms with E-state index >= 15 is 0 Å². The van der Waals surface area contributed by atoms with E-state index in [1.165, 1.54) is 11.8 Å². The van der Waals surface area contributed by atoms with Gasteiger partial charge in [0, 0.05) is 10.9 Å². The Hall–Kier alpha value is -2.27. The predicted octanol–water partition coefficient (Wildman–Crippen LogP) is 4.15. The Bertz CT molecular complexity index is 1190. The van der Waals surface area contributed by atoms with Gasteiger partial charge in [0.2, 0.25) is 0 Å². The molecule has 2 aromatic carbocycles. The molecule has 0 unspecified atom stereocenters. The van der Waals surface area contributed by atoms with Gasteiger partial charge in [0.05, 0.1) is 27.8 Å². The first-order valence-electron chi connectivity index (χ1n) is 9.13. The van der Waals surface area contributed by atoms with Crippen molar-refractivity contribution >= 4 is 61.6 Å². The third-order valence-electron chi connectivity index (χ3n) is 4.31. The van der Waals surface area contributed by atoms with Crippen LogP contribution >= 0.6 is 38.5 Å². The molecule has 1 heterocycles. The summed E-state index contributed by atoms with van der Waals surface area (Å²) in [6.07, 6.45) is 1.45. The van der Waals surface area contributed by atoms with E-state index in [4.69, 9.17) is 4.74 Å². The van der Waals surface area contributed by atoms with Crippen LogP contribution in [0.5, 0.6) is 5.75 Å². The molecule has 0 saturated carbocycles. The second kappa shape index (κ2) is 9.69. The Morgan fingerprint density at radius 3 is 2.77 bits per heavy atom. The minimum Gasteiger partial charge on any atom is -0.478 e. The van der Waals surface area contributed by atoms with E-state index in [-0.39, 0.29) is 5.56 Å². The molecule has 0 spiro atoms. The van der Waals surface area contributed by atoms with Crippen LogP contribution in [0.1, 0.15) is 25.2 Å². The van der Waals surface area contributed by atoms with E-state index in [1.54, 1.807) is 31.3 Å². The smallest absolute Gasteiger partial charge is 0.346 e. The number of fused-ring (bicyclic) bond motifs is 1. The number of benzene rings is 2. The molecule has 156 valence electrons. The van der Waals surface area contributed by atoms with Gasteiger partial charge in [-0.25, -0.2) is 9.78 Å². The molecule has 1 atom stereocenters. The number of hydrogen-bond donors (Lipinski definition) is 0. The zero-order chi connectivity index (χ0) is 21.8. The first-order valence-corrected chi connectivity index (χ1v) is 11.0. The number of nitrogens with zero attached hydrogens (tertiary/aromatic N) is 3. The molecule has 0 aliphatic rings. The molecule has 9 heteroatoms. The van der Waals surface area contributed by atoms with Crippen molar-refractivity contribution in [2.24, 2.45) is 5.10 Å². The van der Waals surface area contributed by atoms with Gasteiger partial charge in [-0.3, -0.25) is 4.79 Å². The number of carbonyl (C=O) groups is 1. The second-order valence-electron chi connectivity index (χ2n) is 6.38. The summed E-state index contributed by atoms with van der Waals surface area (Å²) in [4.78, 5) is 29.0. The van der Waals surface area contributed by atoms with Crippen molar-refractivity contribution < 1.29 is 14.3 Å². The summed E-state index contributed by atoms with van der Waals surface area (Å²) in [6.45, 7) is 3.55. The standard InChI is InChI=1S/C21H19BrIN3O4/c1-4-19-25-17-7-6-14(22)10-15(17)20(27)26(19)24-11-13-5-8-18(16(23)9-13)30-12(2)21(28)29-3/h5-12H,4H2,1-3H3/t12-/m1/s1. The minimum absolute atomic E-state index is 0.226. The molecule has 0 bridgehead atoms. The third-order valence-corrected chi connectivity index (χ3v) is 5.64. The van der Waals surface area contributed by atoms with Crippen LogP contribution in [0.3, 0.4) is 0 Å². The molecular formula is C21H19BrIN3O4. The highest BCUT2D eigenvalue weighted by molar-refractivity contribution is 14.1. The molecule has 3 aromatic rings. The summed E-state index contributed by atoms with van der Waals surface area (Å²) < 4.78 is 13.2. The topological polar surface area (TPSA) is 82.8 Å². The molecule has 1 aromatic heterocycles. The molecule has 30 heavy (non-hydrogen) atoms. The number of aromatic nitrogens is 2. The fourth-order valence-corrected chi connectivity index (χ4v) is 3.79. The molecule has 0 aliphatic carbocycles. The SMILES string of the molecule is CCc1nc2ccc(Br)cc2c(=O)n1N=Cc1ccc(O[C@H](C)C(=O)OC)c(I)c1. The van der Waals surface area contributed by atoms with Crippen LogP contribution in [0.2, 0.25) is 0 Å². The van der Waals surface area contributed by atoms with Crippen LogP contribution in [0.15, 0.2) is 50.8 Å². The van der Waals surface area contributed by atoms with Crippen molar-refractivity contribution in [3.8, 4) is 5.75 Å². The van der Waals surface area contributed by atoms with Crippen molar-refractivity contribution in [2.75, 3.05) is 7.11 Å². The van der Waals surface area contributed by atoms with Crippen molar-refractivity contribution in [1.82, 2.24) is 9.66 Å². The van der Waals surface area contributed by atoms with Gasteiger partial charge in [-0.05, 0) is 71.5 Å². The third kappa shape index (κ3) is 4.89. The molecule has 0 aliphatic heterocycles. The zero-order valence-electron chi connectivity index (χ0n) is 16.6. The van der Waals surface area contributed by atoms with Gasteiger partial charge < -0.3 is 9.47 Å². The van der Waals surface area contributed by atoms with Crippen LogP contribution in [0.4, 0.5) is 0 Å². The highest BCUT2D eigenvalue weighted by Gasteiger charge is 2.16. The maximum Gasteiger partial charge on any atom is 0.346 e. The Morgan fingerprint density at radius 2 is 2.10 bits per heavy atom. The summed E-state index contributed by atoms with van der Waals surface area (Å²) in [6, 6.07) is 10.8. The normalized spacial score (nSPS) is 12.3. The minimum atomic E-state index is -0.711. The van der Waals surface area contributed by atoms with Crippen LogP contribution < -0.4 is 10.3 Å². The number of ether oxygens (including phenoxy) is 2. The lowest BCUT2D eigenvalue weighted by atomic mass is 10.2. The maximum atomic E-state index is 12.9. The van der Waals surface area contributed by atoms with Crippen molar-refractivity contribution in [2.45, 2.75) is 26.4 Å². The van der Waals surface area contributed by atoms with Crippen LogP contribution in [0.25, 0.3) is 10.9 Å². The summed E-state index contributed by atoms with van der Waals surface area (Å²) in [5, 5.41) is 4.88. The monoisotopic (exact) mass is 583 g/mol. The summed E-state index contributed by atoms with van der Waals surface area (Å²) in [7, 11) is 1.32. The van der Waals surface area contributed by atoms with E-state index in [0.29, 0.717) is 28.9 Å². The summed E-state index contributed by atoms with van der Waals surface area (Å²) >= 11 is 5.51. The first kappa shape index (κ1) is 22.4. The lowest BCUT2D eigenvalue weighted by Gasteiger charge is -2.14. The zero-order valence-corrected chi connectivity index (χ0v) is 20.3. The summed E-state index contributed by atoms with van der Waals surface area (Å²) in [5.41, 5.74) is 1.19. The van der Waals surface area contributed by atoms with Crippen LogP contribution in [0, 0.1) is 3.57 Å². The Labute approximate surface area is 195 Å². The molecule has 3 rings (SSSR count). The fourth-order valence-electron chi connectivity index (χ4n) is 2.76. The number of halogens is 2. The van der Waals surface area contributed by atoms with E-state index in [1.807, 2.05) is 25.1 Å². The van der Waals surface area contributed by atoms with E-state index in [9.17, 15) is 9.59 Å². The Kier molecular flexibility index (Phi) is 7.24. The van der Waals surface area contributed by atoms with Crippen molar-refractivity contribution in [3.05, 3.63) is 66.2 Å². The highest BCUT2D eigenvalue weighted by atomic mass is 127. The highest BCUT2D eigenvalue weighted by Crippen LogP contribution is 2.23. The number of rotatable bonds is 6. The van der Waals surface area contributed by atoms with Gasteiger partial charge in [0.15, 0.2) is 6.10 Å². The number of hydrogen-bond acceptors (Lipinski definition) is 6. The molecule has 0 N–H and O–H groups in total. The average molecular weight is 584 g/mol. The molecule has 0 fully saturated rings. The van der Waals surface area contributed by atoms with Crippen molar-refractivity contribution in [1.29, 1.82) is 0 Å². The van der Waals surface area contributed by atoms with E-state index < -0.39 is 12.1 Å². The van der Waals surface area contributed by atoms with Crippen LogP contribution in [-0.2, 0) is 16.0 Å². The first-order chi connectivity index (χ1) is 14.3. The second-order valence-corrected chi connectivity index (χ2v) is 8.46. The van der Waals surface area contributed by atoms with Crippen molar-refractivity contribution in [3.63, 3.8) is 0 Å². The predicted molar refractivity (Wildman–Crippen MR) is 127 cm³/mol.